The Balaban J connectivity index is 2.32. The lowest BCUT2D eigenvalue weighted by Gasteiger charge is -2.16. The fourth-order valence-corrected chi connectivity index (χ4v) is 2.92. The fourth-order valence-electron chi connectivity index (χ4n) is 2.62. The van der Waals surface area contributed by atoms with E-state index >= 15 is 0 Å². The van der Waals surface area contributed by atoms with Crippen LogP contribution in [0.3, 0.4) is 0 Å². The first-order valence-electron chi connectivity index (χ1n) is 6.80. The molecule has 0 fully saturated rings. The van der Waals surface area contributed by atoms with Gasteiger partial charge in [-0.15, -0.1) is 0 Å². The predicted octanol–water partition coefficient (Wildman–Crippen LogP) is 1.70. The number of aryl methyl sites for hydroxylation is 1. The summed E-state index contributed by atoms with van der Waals surface area (Å²) in [7, 11) is 3.06. The van der Waals surface area contributed by atoms with Gasteiger partial charge in [0, 0.05) is 19.1 Å². The second kappa shape index (κ2) is 5.14. The maximum absolute atomic E-state index is 12.5. The summed E-state index contributed by atoms with van der Waals surface area (Å²) in [5.41, 5.74) is 0.881. The molecule has 6 nitrogen and oxygen atoms in total. The van der Waals surface area contributed by atoms with Crippen LogP contribution < -0.4 is 11.2 Å². The van der Waals surface area contributed by atoms with Crippen molar-refractivity contribution in [1.29, 1.82) is 0 Å². The van der Waals surface area contributed by atoms with E-state index in [4.69, 9.17) is 11.6 Å². The van der Waals surface area contributed by atoms with E-state index in [0.717, 1.165) is 10.1 Å². The summed E-state index contributed by atoms with van der Waals surface area (Å²) in [5.74, 6) is 0. The third kappa shape index (κ3) is 1.99. The van der Waals surface area contributed by atoms with Crippen LogP contribution in [0.15, 0.2) is 40.2 Å². The second-order valence-corrected chi connectivity index (χ2v) is 5.63. The molecule has 0 saturated carbocycles. The predicted molar refractivity (Wildman–Crippen MR) is 85.5 cm³/mol. The normalized spacial score (nSPS) is 12.7. The maximum Gasteiger partial charge on any atom is 0.332 e. The first-order valence-corrected chi connectivity index (χ1v) is 7.18. The number of benzene rings is 1. The van der Waals surface area contributed by atoms with E-state index in [9.17, 15) is 9.59 Å². The number of rotatable bonds is 2. The van der Waals surface area contributed by atoms with E-state index in [-0.39, 0.29) is 11.6 Å². The molecule has 114 valence electrons. The van der Waals surface area contributed by atoms with Crippen molar-refractivity contribution in [2.24, 2.45) is 14.1 Å². The number of aromatic nitrogens is 4. The van der Waals surface area contributed by atoms with E-state index in [0.29, 0.717) is 16.2 Å². The molecule has 22 heavy (non-hydrogen) atoms. The molecule has 0 bridgehead atoms. The Morgan fingerprint density at radius 2 is 1.82 bits per heavy atom. The van der Waals surface area contributed by atoms with Gasteiger partial charge < -0.3 is 4.57 Å². The van der Waals surface area contributed by atoms with Crippen LogP contribution in [0.1, 0.15) is 18.5 Å². The SMILES string of the molecule is C[C@H](c1ccccc1Cl)n1cnc2c1c(=O)n(C)c(=O)n2C. The van der Waals surface area contributed by atoms with Crippen LogP contribution in [-0.2, 0) is 14.1 Å². The molecule has 0 aliphatic rings. The minimum atomic E-state index is -0.395. The van der Waals surface area contributed by atoms with Crippen molar-refractivity contribution in [3.8, 4) is 0 Å². The van der Waals surface area contributed by atoms with Gasteiger partial charge in [-0.2, -0.15) is 0 Å². The molecule has 0 aliphatic carbocycles. The van der Waals surface area contributed by atoms with Gasteiger partial charge in [0.15, 0.2) is 11.2 Å². The van der Waals surface area contributed by atoms with E-state index in [1.54, 1.807) is 24.0 Å². The molecule has 3 rings (SSSR count). The molecule has 0 saturated heterocycles. The van der Waals surface area contributed by atoms with Crippen molar-refractivity contribution in [2.75, 3.05) is 0 Å². The average molecular weight is 319 g/mol. The molecular weight excluding hydrogens is 304 g/mol. The number of fused-ring (bicyclic) bond motifs is 1. The van der Waals surface area contributed by atoms with Crippen molar-refractivity contribution in [3.05, 3.63) is 62.0 Å². The standard InChI is InChI=1S/C15H15ClN4O2/c1-9(10-6-4-5-7-11(10)16)20-8-17-13-12(20)14(21)19(3)15(22)18(13)2/h4-9H,1-3H3/t9-/m1/s1. The quantitative estimate of drug-likeness (QED) is 0.722. The largest absolute Gasteiger partial charge is 0.332 e. The average Bonchev–Trinajstić information content (AvgIpc) is 2.95. The molecule has 0 unspecified atom stereocenters. The molecular formula is C15H15ClN4O2. The number of halogens is 1. The summed E-state index contributed by atoms with van der Waals surface area (Å²) in [6.45, 7) is 1.94. The van der Waals surface area contributed by atoms with Crippen LogP contribution >= 0.6 is 11.6 Å². The third-order valence-electron chi connectivity index (χ3n) is 3.95. The monoisotopic (exact) mass is 318 g/mol. The van der Waals surface area contributed by atoms with Crippen LogP contribution in [0.5, 0.6) is 0 Å². The lowest BCUT2D eigenvalue weighted by molar-refractivity contribution is 0.646. The van der Waals surface area contributed by atoms with Gasteiger partial charge in [0.2, 0.25) is 0 Å². The summed E-state index contributed by atoms with van der Waals surface area (Å²) in [6.07, 6.45) is 1.57. The highest BCUT2D eigenvalue weighted by atomic mass is 35.5. The lowest BCUT2D eigenvalue weighted by atomic mass is 10.1. The van der Waals surface area contributed by atoms with Gasteiger partial charge in [0.25, 0.3) is 5.56 Å². The fraction of sp³-hybridized carbons (Fsp3) is 0.267. The van der Waals surface area contributed by atoms with Crippen molar-refractivity contribution in [2.45, 2.75) is 13.0 Å². The molecule has 7 heteroatoms. The number of hydrogen-bond donors (Lipinski definition) is 0. The zero-order valence-corrected chi connectivity index (χ0v) is 13.2. The van der Waals surface area contributed by atoms with Crippen LogP contribution in [0.25, 0.3) is 11.2 Å². The topological polar surface area (TPSA) is 61.8 Å². The highest BCUT2D eigenvalue weighted by Crippen LogP contribution is 2.27. The maximum atomic E-state index is 12.5. The highest BCUT2D eigenvalue weighted by Gasteiger charge is 2.19. The molecule has 0 N–H and O–H groups in total. The van der Waals surface area contributed by atoms with Gasteiger partial charge in [0.05, 0.1) is 12.4 Å². The number of nitrogens with zero attached hydrogens (tertiary/aromatic N) is 4. The minimum absolute atomic E-state index is 0.177. The van der Waals surface area contributed by atoms with E-state index in [2.05, 4.69) is 4.98 Å². The first-order chi connectivity index (χ1) is 10.4. The van der Waals surface area contributed by atoms with Gasteiger partial charge in [-0.3, -0.25) is 13.9 Å². The van der Waals surface area contributed by atoms with Gasteiger partial charge in [-0.1, -0.05) is 29.8 Å². The Bertz CT molecular complexity index is 983. The van der Waals surface area contributed by atoms with Crippen molar-refractivity contribution < 1.29 is 0 Å². The smallest absolute Gasteiger partial charge is 0.317 e. The summed E-state index contributed by atoms with van der Waals surface area (Å²) < 4.78 is 4.20. The van der Waals surface area contributed by atoms with E-state index < -0.39 is 5.69 Å². The highest BCUT2D eigenvalue weighted by molar-refractivity contribution is 6.31. The van der Waals surface area contributed by atoms with Crippen molar-refractivity contribution in [3.63, 3.8) is 0 Å². The summed E-state index contributed by atoms with van der Waals surface area (Å²) in [5, 5.41) is 0.624. The number of hydrogen-bond acceptors (Lipinski definition) is 3. The Morgan fingerprint density at radius 1 is 1.14 bits per heavy atom. The Hall–Kier alpha value is -2.34. The number of imidazole rings is 1. The first kappa shape index (κ1) is 14.6. The molecule has 0 spiro atoms. The van der Waals surface area contributed by atoms with Crippen LogP contribution in [-0.4, -0.2) is 18.7 Å². The van der Waals surface area contributed by atoms with Gasteiger partial charge in [-0.25, -0.2) is 9.78 Å². The van der Waals surface area contributed by atoms with Crippen molar-refractivity contribution >= 4 is 22.8 Å². The Morgan fingerprint density at radius 3 is 2.50 bits per heavy atom. The second-order valence-electron chi connectivity index (χ2n) is 5.23. The molecule has 1 aromatic carbocycles. The summed E-state index contributed by atoms with van der Waals surface area (Å²) in [4.78, 5) is 28.6. The summed E-state index contributed by atoms with van der Waals surface area (Å²) >= 11 is 6.24. The van der Waals surface area contributed by atoms with Crippen LogP contribution in [0.2, 0.25) is 5.02 Å². The zero-order valence-electron chi connectivity index (χ0n) is 12.4. The van der Waals surface area contributed by atoms with E-state index in [1.165, 1.54) is 11.6 Å². The molecule has 3 aromatic rings. The molecule has 2 heterocycles. The third-order valence-corrected chi connectivity index (χ3v) is 4.29. The molecule has 2 aromatic heterocycles. The molecule has 1 atom stereocenters. The van der Waals surface area contributed by atoms with Gasteiger partial charge in [0.1, 0.15) is 0 Å². The van der Waals surface area contributed by atoms with Crippen LogP contribution in [0.4, 0.5) is 0 Å². The minimum Gasteiger partial charge on any atom is -0.317 e. The Kier molecular flexibility index (Phi) is 3.41. The van der Waals surface area contributed by atoms with E-state index in [1.807, 2.05) is 25.1 Å². The molecule has 0 aliphatic heterocycles. The molecule has 0 radical (unpaired) electrons. The van der Waals surface area contributed by atoms with Crippen molar-refractivity contribution in [1.82, 2.24) is 18.7 Å². The van der Waals surface area contributed by atoms with Gasteiger partial charge in [-0.05, 0) is 18.6 Å². The van der Waals surface area contributed by atoms with Crippen LogP contribution in [0, 0.1) is 0 Å². The zero-order chi connectivity index (χ0) is 16.0. The molecule has 0 amide bonds. The van der Waals surface area contributed by atoms with Gasteiger partial charge >= 0.3 is 5.69 Å². The summed E-state index contributed by atoms with van der Waals surface area (Å²) in [6, 6.07) is 7.28. The Labute approximate surface area is 131 Å². The lowest BCUT2D eigenvalue weighted by Crippen LogP contribution is -2.37.